The molecule has 0 aromatic carbocycles. The van der Waals surface area contributed by atoms with Crippen molar-refractivity contribution in [2.75, 3.05) is 27.2 Å². The van der Waals surface area contributed by atoms with Crippen LogP contribution in [-0.2, 0) is 23.9 Å². The molecule has 4 aliphatic carbocycles. The number of amides is 2. The molecule has 0 aliphatic heterocycles. The summed E-state index contributed by atoms with van der Waals surface area (Å²) in [7, 11) is 3.86. The van der Waals surface area contributed by atoms with Gasteiger partial charge in [-0.25, -0.2) is 0 Å². The van der Waals surface area contributed by atoms with Crippen molar-refractivity contribution in [1.29, 1.82) is 0 Å². The average molecular weight is 632 g/mol. The second-order valence-corrected chi connectivity index (χ2v) is 16.4. The molecule has 9 nitrogen and oxygen atoms in total. The van der Waals surface area contributed by atoms with Crippen LogP contribution in [0, 0.1) is 46.3 Å². The normalized spacial score (nSPS) is 35.0. The van der Waals surface area contributed by atoms with E-state index in [9.17, 15) is 24.3 Å². The minimum absolute atomic E-state index is 0.000927. The summed E-state index contributed by atoms with van der Waals surface area (Å²) >= 11 is 0. The van der Waals surface area contributed by atoms with Gasteiger partial charge in [0.25, 0.3) is 0 Å². The molecule has 45 heavy (non-hydrogen) atoms. The summed E-state index contributed by atoms with van der Waals surface area (Å²) in [5.41, 5.74) is -0.459. The molecule has 0 aromatic rings. The maximum atomic E-state index is 12.8. The van der Waals surface area contributed by atoms with Crippen molar-refractivity contribution in [2.45, 2.75) is 130 Å². The topological polar surface area (TPSA) is 125 Å². The molecule has 0 aromatic heterocycles. The number of fused-ring (bicyclic) bond motifs is 5. The summed E-state index contributed by atoms with van der Waals surface area (Å²) in [6, 6.07) is 0. The molecule has 256 valence electrons. The van der Waals surface area contributed by atoms with Crippen LogP contribution in [0.4, 0.5) is 0 Å². The van der Waals surface area contributed by atoms with Gasteiger partial charge in [0.05, 0.1) is 6.42 Å². The SMILES string of the molecule is C[C@H](CCC(=O)O)C1CCC2[C@@H]3CC[C@@H]4C[C@@H](OC(=O)CCC(=O)NC(C)(C)C(=O)NCCN(C)C)CC[C@]4(C)C3CC[C@@]21C. The summed E-state index contributed by atoms with van der Waals surface area (Å²) in [5.74, 6) is 2.25. The third kappa shape index (κ3) is 8.05. The number of esters is 1. The van der Waals surface area contributed by atoms with Gasteiger partial charge in [0.15, 0.2) is 0 Å². The lowest BCUT2D eigenvalue weighted by Gasteiger charge is -2.61. The molecule has 3 unspecified atom stereocenters. The maximum absolute atomic E-state index is 12.8. The second kappa shape index (κ2) is 14.3. The van der Waals surface area contributed by atoms with E-state index >= 15 is 0 Å². The van der Waals surface area contributed by atoms with E-state index in [1.54, 1.807) is 13.8 Å². The van der Waals surface area contributed by atoms with Crippen molar-refractivity contribution in [3.05, 3.63) is 0 Å². The number of likely N-dealkylation sites (N-methyl/N-ethyl adjacent to an activating group) is 1. The highest BCUT2D eigenvalue weighted by molar-refractivity contribution is 5.91. The fourth-order valence-corrected chi connectivity index (χ4v) is 10.4. The van der Waals surface area contributed by atoms with Crippen LogP contribution in [0.2, 0.25) is 0 Å². The van der Waals surface area contributed by atoms with Crippen LogP contribution in [0.1, 0.15) is 118 Å². The molecule has 9 atom stereocenters. The number of carbonyl (C=O) groups excluding carboxylic acids is 3. The number of carboxylic acid groups (broad SMARTS) is 1. The minimum atomic E-state index is -1.06. The van der Waals surface area contributed by atoms with Crippen LogP contribution in [-0.4, -0.2) is 72.6 Å². The summed E-state index contributed by atoms with van der Waals surface area (Å²) < 4.78 is 5.95. The smallest absolute Gasteiger partial charge is 0.306 e. The fraction of sp³-hybridized carbons (Fsp3) is 0.889. The van der Waals surface area contributed by atoms with Gasteiger partial charge in [0.1, 0.15) is 11.6 Å². The number of aliphatic carboxylic acids is 1. The molecule has 4 rings (SSSR count). The molecular weight excluding hydrogens is 570 g/mol. The van der Waals surface area contributed by atoms with E-state index in [1.807, 2.05) is 19.0 Å². The van der Waals surface area contributed by atoms with Crippen LogP contribution in [0.3, 0.4) is 0 Å². The number of carbonyl (C=O) groups is 4. The molecule has 4 saturated carbocycles. The zero-order chi connectivity index (χ0) is 33.2. The van der Waals surface area contributed by atoms with Crippen molar-refractivity contribution >= 4 is 23.8 Å². The van der Waals surface area contributed by atoms with Crippen LogP contribution in [0.15, 0.2) is 0 Å². The van der Waals surface area contributed by atoms with Gasteiger partial charge in [0, 0.05) is 25.9 Å². The highest BCUT2D eigenvalue weighted by atomic mass is 16.5. The van der Waals surface area contributed by atoms with Crippen molar-refractivity contribution in [2.24, 2.45) is 46.3 Å². The Labute approximate surface area is 271 Å². The monoisotopic (exact) mass is 631 g/mol. The molecule has 0 bridgehead atoms. The zero-order valence-electron chi connectivity index (χ0n) is 29.1. The lowest BCUT2D eigenvalue weighted by molar-refractivity contribution is -0.163. The molecule has 0 spiro atoms. The minimum Gasteiger partial charge on any atom is -0.481 e. The Hall–Kier alpha value is -2.16. The molecule has 0 radical (unpaired) electrons. The first-order chi connectivity index (χ1) is 21.1. The van der Waals surface area contributed by atoms with Gasteiger partial charge in [-0.2, -0.15) is 0 Å². The van der Waals surface area contributed by atoms with E-state index in [4.69, 9.17) is 4.74 Å². The first-order valence-electron chi connectivity index (χ1n) is 17.7. The average Bonchev–Trinajstić information content (AvgIpc) is 3.32. The highest BCUT2D eigenvalue weighted by Crippen LogP contribution is 2.68. The van der Waals surface area contributed by atoms with Crippen molar-refractivity contribution in [1.82, 2.24) is 15.5 Å². The Morgan fingerprint density at radius 3 is 2.31 bits per heavy atom. The van der Waals surface area contributed by atoms with Gasteiger partial charge in [-0.3, -0.25) is 19.2 Å². The van der Waals surface area contributed by atoms with Gasteiger partial charge in [-0.1, -0.05) is 20.8 Å². The standard InChI is InChI=1S/C36H61N3O6/c1-23(8-14-31(41)42)27-11-12-28-26-10-9-24-22-25(16-18-35(24,4)29(26)17-19-36(27,28)5)45-32(43)15-13-30(40)38-34(2,3)33(44)37-20-21-39(6)7/h23-29H,8-22H2,1-7H3,(H,37,44)(H,38,40)(H,41,42)/t23-,24-,25+,26+,27?,28?,29?,35+,36-/m1/s1. The van der Waals surface area contributed by atoms with E-state index in [0.29, 0.717) is 42.2 Å². The van der Waals surface area contributed by atoms with Gasteiger partial charge >= 0.3 is 11.9 Å². The van der Waals surface area contributed by atoms with Crippen LogP contribution < -0.4 is 10.6 Å². The number of nitrogens with one attached hydrogen (secondary N) is 2. The first kappa shape index (κ1) is 35.7. The third-order valence-electron chi connectivity index (χ3n) is 12.9. The maximum Gasteiger partial charge on any atom is 0.306 e. The van der Waals surface area contributed by atoms with Gasteiger partial charge < -0.3 is 25.4 Å². The summed E-state index contributed by atoms with van der Waals surface area (Å²) in [6.45, 7) is 11.9. The van der Waals surface area contributed by atoms with Crippen molar-refractivity contribution in [3.8, 4) is 0 Å². The fourth-order valence-electron chi connectivity index (χ4n) is 10.4. The zero-order valence-corrected chi connectivity index (χ0v) is 29.1. The van der Waals surface area contributed by atoms with E-state index in [1.165, 1.54) is 38.5 Å². The first-order valence-corrected chi connectivity index (χ1v) is 17.7. The lowest BCUT2D eigenvalue weighted by Crippen LogP contribution is -2.55. The molecule has 3 N–H and O–H groups in total. The number of hydrogen-bond acceptors (Lipinski definition) is 6. The number of carboxylic acids is 1. The Balaban J connectivity index is 1.25. The van der Waals surface area contributed by atoms with Crippen LogP contribution in [0.25, 0.3) is 0 Å². The van der Waals surface area contributed by atoms with E-state index in [0.717, 1.165) is 37.5 Å². The Morgan fingerprint density at radius 1 is 0.933 bits per heavy atom. The van der Waals surface area contributed by atoms with E-state index in [2.05, 4.69) is 31.4 Å². The number of ether oxygens (including phenoxy) is 1. The molecule has 0 heterocycles. The van der Waals surface area contributed by atoms with Crippen molar-refractivity contribution in [3.63, 3.8) is 0 Å². The van der Waals surface area contributed by atoms with Gasteiger partial charge in [-0.05, 0) is 138 Å². The molecular formula is C36H61N3O6. The van der Waals surface area contributed by atoms with Gasteiger partial charge in [0.2, 0.25) is 11.8 Å². The van der Waals surface area contributed by atoms with Crippen molar-refractivity contribution < 1.29 is 29.0 Å². The van der Waals surface area contributed by atoms with Gasteiger partial charge in [-0.15, -0.1) is 0 Å². The summed E-state index contributed by atoms with van der Waals surface area (Å²) in [5, 5.41) is 14.8. The molecule has 4 fully saturated rings. The highest BCUT2D eigenvalue weighted by Gasteiger charge is 2.60. The third-order valence-corrected chi connectivity index (χ3v) is 12.9. The largest absolute Gasteiger partial charge is 0.481 e. The van der Waals surface area contributed by atoms with E-state index < -0.39 is 11.5 Å². The van der Waals surface area contributed by atoms with Crippen LogP contribution >= 0.6 is 0 Å². The van der Waals surface area contributed by atoms with E-state index in [-0.39, 0.29) is 48.6 Å². The number of rotatable bonds is 13. The molecule has 0 saturated heterocycles. The van der Waals surface area contributed by atoms with Crippen LogP contribution in [0.5, 0.6) is 0 Å². The summed E-state index contributed by atoms with van der Waals surface area (Å²) in [6.07, 6.45) is 11.3. The molecule has 4 aliphatic rings. The second-order valence-electron chi connectivity index (χ2n) is 16.4. The Morgan fingerprint density at radius 2 is 1.62 bits per heavy atom. The predicted octanol–water partition coefficient (Wildman–Crippen LogP) is 5.41. The number of hydrogen-bond donors (Lipinski definition) is 3. The molecule has 9 heteroatoms. The number of nitrogens with zero attached hydrogens (tertiary/aromatic N) is 1. The lowest BCUT2D eigenvalue weighted by atomic mass is 9.44. The Bertz CT molecular complexity index is 1090. The summed E-state index contributed by atoms with van der Waals surface area (Å²) in [4.78, 5) is 51.1. The Kier molecular flexibility index (Phi) is 11.3. The molecule has 2 amide bonds. The predicted molar refractivity (Wildman–Crippen MR) is 174 cm³/mol. The quantitative estimate of drug-likeness (QED) is 0.232.